The van der Waals surface area contributed by atoms with Crippen LogP contribution in [-0.4, -0.2) is 30.7 Å². The first-order valence-corrected chi connectivity index (χ1v) is 8.59. The number of esters is 1. The van der Waals surface area contributed by atoms with E-state index in [0.717, 1.165) is 21.2 Å². The maximum Gasteiger partial charge on any atom is 0.308 e. The number of nitrogens with one attached hydrogen (secondary N) is 1. The molecular weight excluding hydrogens is 384 g/mol. The summed E-state index contributed by atoms with van der Waals surface area (Å²) in [7, 11) is 1.30. The molecule has 0 aromatic heterocycles. The fourth-order valence-corrected chi connectivity index (χ4v) is 2.94. The first-order chi connectivity index (χ1) is 12.0. The number of benzene rings is 2. The summed E-state index contributed by atoms with van der Waals surface area (Å²) in [5, 5.41) is 2.87. The van der Waals surface area contributed by atoms with Crippen LogP contribution in [0.15, 0.2) is 51.9 Å². The number of aryl methyl sites for hydroxylation is 1. The average molecular weight is 401 g/mol. The Hall–Kier alpha value is -2.47. The highest BCUT2D eigenvalue weighted by Gasteiger charge is 2.28. The molecule has 0 radical (unpaired) electrons. The second kappa shape index (κ2) is 7.19. The van der Waals surface area contributed by atoms with Gasteiger partial charge in [0.05, 0.1) is 24.9 Å². The lowest BCUT2D eigenvalue weighted by molar-refractivity contribution is -0.142. The Morgan fingerprint density at radius 2 is 1.96 bits per heavy atom. The van der Waals surface area contributed by atoms with Crippen molar-refractivity contribution < 1.29 is 14.3 Å². The van der Waals surface area contributed by atoms with E-state index in [4.69, 9.17) is 4.74 Å². The molecule has 5 nitrogen and oxygen atoms in total. The largest absolute Gasteiger partial charge is 0.469 e. The monoisotopic (exact) mass is 400 g/mol. The Balaban J connectivity index is 2.14. The van der Waals surface area contributed by atoms with Crippen LogP contribution < -0.4 is 5.32 Å². The lowest BCUT2D eigenvalue weighted by Crippen LogP contribution is -2.28. The van der Waals surface area contributed by atoms with Crippen LogP contribution >= 0.6 is 15.9 Å². The number of ether oxygens (including phenoxy) is 1. The van der Waals surface area contributed by atoms with E-state index < -0.39 is 12.0 Å². The third kappa shape index (κ3) is 3.79. The topological polar surface area (TPSA) is 67.8 Å². The van der Waals surface area contributed by atoms with Gasteiger partial charge in [-0.15, -0.1) is 0 Å². The molecule has 0 fully saturated rings. The van der Waals surface area contributed by atoms with Gasteiger partial charge in [0, 0.05) is 15.6 Å². The van der Waals surface area contributed by atoms with Crippen LogP contribution in [0.3, 0.4) is 0 Å². The highest BCUT2D eigenvalue weighted by molar-refractivity contribution is 9.10. The molecule has 1 aliphatic heterocycles. The van der Waals surface area contributed by atoms with Crippen molar-refractivity contribution in [2.75, 3.05) is 12.4 Å². The van der Waals surface area contributed by atoms with Gasteiger partial charge in [-0.3, -0.25) is 14.6 Å². The molecule has 0 spiro atoms. The van der Waals surface area contributed by atoms with Gasteiger partial charge >= 0.3 is 5.97 Å². The zero-order chi connectivity index (χ0) is 18.0. The molecule has 25 heavy (non-hydrogen) atoms. The van der Waals surface area contributed by atoms with Crippen LogP contribution in [0.1, 0.15) is 23.1 Å². The van der Waals surface area contributed by atoms with E-state index in [1.54, 1.807) is 0 Å². The number of hydrogen-bond acceptors (Lipinski definition) is 4. The molecule has 6 heteroatoms. The van der Waals surface area contributed by atoms with Crippen molar-refractivity contribution in [2.45, 2.75) is 19.4 Å². The Bertz CT molecular complexity index is 859. The molecule has 0 unspecified atom stereocenters. The lowest BCUT2D eigenvalue weighted by atomic mass is 9.99. The van der Waals surface area contributed by atoms with Crippen molar-refractivity contribution in [3.05, 3.63) is 63.6 Å². The van der Waals surface area contributed by atoms with Gasteiger partial charge < -0.3 is 10.1 Å². The third-order valence-corrected chi connectivity index (χ3v) is 4.51. The molecular formula is C19H17BrN2O3. The predicted molar refractivity (Wildman–Crippen MR) is 100 cm³/mol. The minimum atomic E-state index is -0.834. The van der Waals surface area contributed by atoms with Crippen molar-refractivity contribution in [1.29, 1.82) is 0 Å². The van der Waals surface area contributed by atoms with Gasteiger partial charge in [0.1, 0.15) is 6.04 Å². The number of rotatable bonds is 3. The number of carbonyl (C=O) groups excluding carboxylic acids is 2. The zero-order valence-electron chi connectivity index (χ0n) is 13.9. The van der Waals surface area contributed by atoms with Gasteiger partial charge in [-0.2, -0.15) is 0 Å². The molecule has 0 saturated carbocycles. The number of anilines is 1. The van der Waals surface area contributed by atoms with Crippen molar-refractivity contribution in [3.63, 3.8) is 0 Å². The van der Waals surface area contributed by atoms with Crippen molar-refractivity contribution in [2.24, 2.45) is 4.99 Å². The Morgan fingerprint density at radius 3 is 2.64 bits per heavy atom. The number of benzodiazepines with no additional fused rings is 1. The molecule has 1 atom stereocenters. The highest BCUT2D eigenvalue weighted by atomic mass is 79.9. The quantitative estimate of drug-likeness (QED) is 0.801. The first-order valence-electron chi connectivity index (χ1n) is 7.80. The number of nitrogens with zero attached hydrogens (tertiary/aromatic N) is 1. The summed E-state index contributed by atoms with van der Waals surface area (Å²) in [5.74, 6) is -0.788. The molecule has 128 valence electrons. The molecule has 2 aromatic carbocycles. The Morgan fingerprint density at radius 1 is 1.24 bits per heavy atom. The van der Waals surface area contributed by atoms with Gasteiger partial charge in [-0.05, 0) is 31.2 Å². The number of fused-ring (bicyclic) bond motifs is 1. The van der Waals surface area contributed by atoms with E-state index in [9.17, 15) is 9.59 Å². The van der Waals surface area contributed by atoms with E-state index in [-0.39, 0.29) is 12.3 Å². The van der Waals surface area contributed by atoms with Crippen molar-refractivity contribution in [1.82, 2.24) is 0 Å². The summed E-state index contributed by atoms with van der Waals surface area (Å²) in [6, 6.07) is 12.6. The van der Waals surface area contributed by atoms with Crippen LogP contribution in [0, 0.1) is 6.92 Å². The number of amides is 1. The van der Waals surface area contributed by atoms with Crippen LogP contribution in [0.4, 0.5) is 5.69 Å². The number of hydrogen-bond donors (Lipinski definition) is 1. The van der Waals surface area contributed by atoms with Gasteiger partial charge in [-0.1, -0.05) is 39.7 Å². The number of methoxy groups -OCH3 is 1. The van der Waals surface area contributed by atoms with E-state index in [1.807, 2.05) is 49.4 Å². The minimum absolute atomic E-state index is 0.102. The van der Waals surface area contributed by atoms with E-state index in [2.05, 4.69) is 26.2 Å². The maximum atomic E-state index is 12.5. The van der Waals surface area contributed by atoms with Crippen LogP contribution in [-0.2, 0) is 14.3 Å². The predicted octanol–water partition coefficient (Wildman–Crippen LogP) is 3.48. The fraction of sp³-hybridized carbons (Fsp3) is 0.211. The lowest BCUT2D eigenvalue weighted by Gasteiger charge is -2.11. The molecule has 0 bridgehead atoms. The maximum absolute atomic E-state index is 12.5. The minimum Gasteiger partial charge on any atom is -0.469 e. The molecule has 2 aromatic rings. The highest BCUT2D eigenvalue weighted by Crippen LogP contribution is 2.27. The SMILES string of the molecule is COC(=O)C[C@@H]1N=C(c2ccc(Br)cc2)c2cc(C)ccc2NC1=O. The smallest absolute Gasteiger partial charge is 0.308 e. The number of carbonyl (C=O) groups is 2. The first kappa shape index (κ1) is 17.4. The summed E-state index contributed by atoms with van der Waals surface area (Å²) >= 11 is 3.42. The summed E-state index contributed by atoms with van der Waals surface area (Å²) in [6.07, 6.45) is -0.102. The second-order valence-corrected chi connectivity index (χ2v) is 6.73. The van der Waals surface area contributed by atoms with E-state index in [1.165, 1.54) is 7.11 Å². The van der Waals surface area contributed by atoms with Gasteiger partial charge in [0.15, 0.2) is 0 Å². The van der Waals surface area contributed by atoms with Crippen LogP contribution in [0.25, 0.3) is 0 Å². The molecule has 3 rings (SSSR count). The van der Waals surface area contributed by atoms with E-state index in [0.29, 0.717) is 11.4 Å². The third-order valence-electron chi connectivity index (χ3n) is 3.98. The standard InChI is InChI=1S/C19H17BrN2O3/c1-11-3-8-15-14(9-11)18(12-4-6-13(20)7-5-12)21-16(19(24)22-15)10-17(23)25-2/h3-9,16H,10H2,1-2H3,(H,22,24)/t16-/m0/s1. The van der Waals surface area contributed by atoms with Crippen LogP contribution in [0.5, 0.6) is 0 Å². The number of aliphatic imine (C=N–C) groups is 1. The molecule has 1 N–H and O–H groups in total. The molecule has 1 aliphatic rings. The average Bonchev–Trinajstić information content (AvgIpc) is 2.73. The van der Waals surface area contributed by atoms with Gasteiger partial charge in [0.2, 0.25) is 5.91 Å². The second-order valence-electron chi connectivity index (χ2n) is 5.82. The van der Waals surface area contributed by atoms with Crippen molar-refractivity contribution >= 4 is 39.2 Å². The Kier molecular flexibility index (Phi) is 4.99. The van der Waals surface area contributed by atoms with Crippen LogP contribution in [0.2, 0.25) is 0 Å². The molecule has 1 heterocycles. The summed E-state index contributed by atoms with van der Waals surface area (Å²) in [4.78, 5) is 28.8. The molecule has 0 aliphatic carbocycles. The van der Waals surface area contributed by atoms with Gasteiger partial charge in [-0.25, -0.2) is 0 Å². The number of halogens is 1. The van der Waals surface area contributed by atoms with Gasteiger partial charge in [0.25, 0.3) is 0 Å². The molecule has 1 amide bonds. The Labute approximate surface area is 154 Å². The van der Waals surface area contributed by atoms with Crippen molar-refractivity contribution in [3.8, 4) is 0 Å². The zero-order valence-corrected chi connectivity index (χ0v) is 15.5. The fourth-order valence-electron chi connectivity index (χ4n) is 2.68. The molecule has 0 saturated heterocycles. The summed E-state index contributed by atoms with van der Waals surface area (Å²) < 4.78 is 5.65. The summed E-state index contributed by atoms with van der Waals surface area (Å²) in [6.45, 7) is 1.98. The van der Waals surface area contributed by atoms with E-state index >= 15 is 0 Å². The summed E-state index contributed by atoms with van der Waals surface area (Å²) in [5.41, 5.74) is 4.14. The normalized spacial score (nSPS) is 16.4.